The van der Waals surface area contributed by atoms with E-state index >= 15 is 0 Å². The number of rotatable bonds is 8. The predicted molar refractivity (Wildman–Crippen MR) is 122 cm³/mol. The number of unbranched alkanes of at least 4 members (excludes halogenated alkanes) is 1. The van der Waals surface area contributed by atoms with Crippen LogP contribution in [-0.2, 0) is 14.3 Å². The van der Waals surface area contributed by atoms with E-state index in [0.717, 1.165) is 30.5 Å². The molecule has 0 spiro atoms. The van der Waals surface area contributed by atoms with Crippen LogP contribution in [0.4, 0.5) is 0 Å². The van der Waals surface area contributed by atoms with Crippen molar-refractivity contribution in [2.75, 3.05) is 13.2 Å². The highest BCUT2D eigenvalue weighted by molar-refractivity contribution is 6.12. The molecule has 2 aliphatic rings. The van der Waals surface area contributed by atoms with Crippen LogP contribution in [0, 0.1) is 11.3 Å². The van der Waals surface area contributed by atoms with Crippen LogP contribution in [0.15, 0.2) is 53.2 Å². The third-order valence-electron chi connectivity index (χ3n) is 5.93. The average molecular weight is 424 g/mol. The highest BCUT2D eigenvalue weighted by Crippen LogP contribution is 2.48. The quantitative estimate of drug-likeness (QED) is 0.318. The van der Waals surface area contributed by atoms with Crippen LogP contribution < -0.4 is 4.74 Å². The molecule has 1 aromatic carbocycles. The van der Waals surface area contributed by atoms with Crippen LogP contribution in [0.3, 0.4) is 0 Å². The van der Waals surface area contributed by atoms with Crippen molar-refractivity contribution in [3.05, 3.63) is 53.8 Å². The lowest BCUT2D eigenvalue weighted by molar-refractivity contribution is -0.138. The van der Waals surface area contributed by atoms with Gasteiger partial charge in [-0.2, -0.15) is 0 Å². The molecular formula is C26H33NO4. The predicted octanol–water partition coefficient (Wildman–Crippen LogP) is 5.41. The van der Waals surface area contributed by atoms with Gasteiger partial charge in [0.05, 0.1) is 18.1 Å². The number of hydrogen-bond donors (Lipinski definition) is 0. The Bertz CT molecular complexity index is 925. The molecule has 1 aromatic rings. The first kappa shape index (κ1) is 23.0. The van der Waals surface area contributed by atoms with Gasteiger partial charge in [0.2, 0.25) is 0 Å². The molecule has 1 saturated carbocycles. The molecule has 2 atom stereocenters. The number of carbonyl (C=O) groups excluding carboxylic acids is 2. The number of ether oxygens (including phenoxy) is 2. The van der Waals surface area contributed by atoms with Crippen LogP contribution in [0.5, 0.6) is 5.75 Å². The second-order valence-electron chi connectivity index (χ2n) is 9.17. The van der Waals surface area contributed by atoms with Crippen molar-refractivity contribution >= 4 is 17.5 Å². The molecule has 0 radical (unpaired) electrons. The van der Waals surface area contributed by atoms with Gasteiger partial charge in [-0.05, 0) is 31.2 Å². The van der Waals surface area contributed by atoms with Crippen molar-refractivity contribution in [3.8, 4) is 5.75 Å². The number of Topliss-reactive ketones (excluding diaryl/α,β-unsaturated/α-hetero) is 1. The molecule has 1 heterocycles. The molecule has 5 heteroatoms. The molecular weight excluding hydrogens is 390 g/mol. The van der Waals surface area contributed by atoms with Gasteiger partial charge in [0.25, 0.3) is 0 Å². The molecule has 1 unspecified atom stereocenters. The van der Waals surface area contributed by atoms with E-state index in [2.05, 4.69) is 27.4 Å². The largest absolute Gasteiger partial charge is 0.493 e. The van der Waals surface area contributed by atoms with Gasteiger partial charge in [-0.1, -0.05) is 58.0 Å². The fourth-order valence-electron chi connectivity index (χ4n) is 4.60. The zero-order valence-electron chi connectivity index (χ0n) is 19.1. The summed E-state index contributed by atoms with van der Waals surface area (Å²) in [7, 11) is 0. The first-order valence-corrected chi connectivity index (χ1v) is 11.1. The van der Waals surface area contributed by atoms with E-state index in [9.17, 15) is 9.59 Å². The van der Waals surface area contributed by atoms with Crippen LogP contribution in [-0.4, -0.2) is 30.7 Å². The number of allylic oxidation sites excluding steroid dienone is 1. The highest BCUT2D eigenvalue weighted by atomic mass is 16.5. The Kier molecular flexibility index (Phi) is 7.14. The molecule has 3 rings (SSSR count). The maximum Gasteiger partial charge on any atom is 0.336 e. The average Bonchev–Trinajstić information content (AvgIpc) is 2.70. The van der Waals surface area contributed by atoms with Crippen LogP contribution in [0.1, 0.15) is 64.9 Å². The first-order valence-electron chi connectivity index (χ1n) is 11.1. The Balaban J connectivity index is 2.12. The molecule has 0 N–H and O–H groups in total. The Morgan fingerprint density at radius 1 is 1.26 bits per heavy atom. The summed E-state index contributed by atoms with van der Waals surface area (Å²) < 4.78 is 11.5. The van der Waals surface area contributed by atoms with Crippen molar-refractivity contribution in [1.82, 2.24) is 0 Å². The van der Waals surface area contributed by atoms with E-state index in [4.69, 9.17) is 14.5 Å². The van der Waals surface area contributed by atoms with Gasteiger partial charge in [-0.3, -0.25) is 9.79 Å². The van der Waals surface area contributed by atoms with E-state index in [1.165, 1.54) is 6.08 Å². The summed E-state index contributed by atoms with van der Waals surface area (Å²) in [5, 5.41) is 0. The van der Waals surface area contributed by atoms with Gasteiger partial charge in [-0.25, -0.2) is 4.79 Å². The second-order valence-corrected chi connectivity index (χ2v) is 9.17. The van der Waals surface area contributed by atoms with Crippen molar-refractivity contribution in [1.29, 1.82) is 0 Å². The smallest absolute Gasteiger partial charge is 0.336 e. The van der Waals surface area contributed by atoms with Crippen LogP contribution in [0.2, 0.25) is 0 Å². The molecule has 0 bridgehead atoms. The second kappa shape index (κ2) is 9.63. The lowest BCUT2D eigenvalue weighted by atomic mass is 9.63. The number of hydrogen-bond acceptors (Lipinski definition) is 5. The normalized spacial score (nSPS) is 22.5. The summed E-state index contributed by atoms with van der Waals surface area (Å²) in [6, 6.07) is 7.71. The van der Waals surface area contributed by atoms with E-state index in [1.807, 2.05) is 31.2 Å². The minimum absolute atomic E-state index is 0.110. The van der Waals surface area contributed by atoms with Crippen molar-refractivity contribution in [2.45, 2.75) is 59.3 Å². The topological polar surface area (TPSA) is 65.0 Å². The summed E-state index contributed by atoms with van der Waals surface area (Å²) in [5.41, 5.74) is 2.60. The molecule has 0 amide bonds. The number of carbonyl (C=O) groups is 2. The SMILES string of the molecule is C=CCOC(=O)C1=C(C)N=C2CC(C)(C)CC(=O)C2[C@@H]1c1ccccc1OCCCC. The zero-order chi connectivity index (χ0) is 22.6. The lowest BCUT2D eigenvalue weighted by Crippen LogP contribution is -2.44. The molecule has 0 saturated heterocycles. The number of nitrogens with zero attached hydrogens (tertiary/aromatic N) is 1. The van der Waals surface area contributed by atoms with Crippen molar-refractivity contribution in [2.24, 2.45) is 16.3 Å². The molecule has 1 fully saturated rings. The van der Waals surface area contributed by atoms with Gasteiger partial charge in [0.15, 0.2) is 0 Å². The monoisotopic (exact) mass is 423 g/mol. The Hall–Kier alpha value is -2.69. The summed E-state index contributed by atoms with van der Waals surface area (Å²) in [5.74, 6) is -0.567. The zero-order valence-corrected chi connectivity index (χ0v) is 19.1. The highest BCUT2D eigenvalue weighted by Gasteiger charge is 2.48. The first-order chi connectivity index (χ1) is 14.8. The fourth-order valence-corrected chi connectivity index (χ4v) is 4.60. The molecule has 0 aromatic heterocycles. The van der Waals surface area contributed by atoms with E-state index in [0.29, 0.717) is 30.0 Å². The number of benzene rings is 1. The van der Waals surface area contributed by atoms with Crippen LogP contribution in [0.25, 0.3) is 0 Å². The summed E-state index contributed by atoms with van der Waals surface area (Å²) in [6.45, 7) is 12.4. The van der Waals surface area contributed by atoms with Gasteiger partial charge in [0.1, 0.15) is 18.1 Å². The summed E-state index contributed by atoms with van der Waals surface area (Å²) in [6.07, 6.45) is 4.68. The van der Waals surface area contributed by atoms with Gasteiger partial charge < -0.3 is 9.47 Å². The minimum atomic E-state index is -0.473. The molecule has 1 aliphatic carbocycles. The third-order valence-corrected chi connectivity index (χ3v) is 5.93. The molecule has 166 valence electrons. The summed E-state index contributed by atoms with van der Waals surface area (Å²) >= 11 is 0. The third kappa shape index (κ3) is 4.97. The van der Waals surface area contributed by atoms with E-state index in [1.54, 1.807) is 0 Å². The van der Waals surface area contributed by atoms with Gasteiger partial charge >= 0.3 is 5.97 Å². The maximum absolute atomic E-state index is 13.4. The maximum atomic E-state index is 13.4. The number of ketones is 1. The number of esters is 1. The Morgan fingerprint density at radius 3 is 2.71 bits per heavy atom. The number of aliphatic imine (C=N–C) groups is 1. The Morgan fingerprint density at radius 2 is 2.00 bits per heavy atom. The molecule has 5 nitrogen and oxygen atoms in total. The summed E-state index contributed by atoms with van der Waals surface area (Å²) in [4.78, 5) is 31.2. The Labute approximate surface area is 185 Å². The molecule has 31 heavy (non-hydrogen) atoms. The van der Waals surface area contributed by atoms with E-state index < -0.39 is 17.8 Å². The van der Waals surface area contributed by atoms with Gasteiger partial charge in [-0.15, -0.1) is 0 Å². The number of fused-ring (bicyclic) bond motifs is 1. The van der Waals surface area contributed by atoms with Crippen LogP contribution >= 0.6 is 0 Å². The molecule has 1 aliphatic heterocycles. The van der Waals surface area contributed by atoms with Crippen molar-refractivity contribution in [3.63, 3.8) is 0 Å². The standard InChI is InChI=1S/C26H33NO4/c1-6-8-14-30-21-12-10-9-11-18(21)23-22(25(29)31-13-7-2)17(3)27-19-15-26(4,5)16-20(28)24(19)23/h7,9-12,23-24H,2,6,8,13-16H2,1,3-5H3/t23-,24?/m1/s1. The fraction of sp³-hybridized carbons (Fsp3) is 0.500. The van der Waals surface area contributed by atoms with Gasteiger partial charge in [0, 0.05) is 29.3 Å². The minimum Gasteiger partial charge on any atom is -0.493 e. The number of para-hydroxylation sites is 1. The van der Waals surface area contributed by atoms with Crippen molar-refractivity contribution < 1.29 is 19.1 Å². The van der Waals surface area contributed by atoms with E-state index in [-0.39, 0.29) is 17.8 Å². The lowest BCUT2D eigenvalue weighted by Gasteiger charge is -2.41.